The van der Waals surface area contributed by atoms with E-state index in [2.05, 4.69) is 6.92 Å². The van der Waals surface area contributed by atoms with Gasteiger partial charge in [0.25, 0.3) is 0 Å². The Labute approximate surface area is 99.0 Å². The molecule has 1 heterocycles. The van der Waals surface area contributed by atoms with E-state index < -0.39 is 0 Å². The average molecular weight is 224 g/mol. The summed E-state index contributed by atoms with van der Waals surface area (Å²) in [5, 5.41) is 0. The van der Waals surface area contributed by atoms with Gasteiger partial charge >= 0.3 is 0 Å². The Bertz CT molecular complexity index is 231. The molecule has 0 N–H and O–H groups in total. The lowest BCUT2D eigenvalue weighted by Gasteiger charge is -2.35. The minimum absolute atomic E-state index is 0.286. The molecule has 2 fully saturated rings. The third-order valence-electron chi connectivity index (χ3n) is 4.04. The molecule has 2 heteroatoms. The van der Waals surface area contributed by atoms with Gasteiger partial charge in [0.15, 0.2) is 0 Å². The summed E-state index contributed by atoms with van der Waals surface area (Å²) in [4.78, 5) is 0. The maximum Gasteiger partial charge on any atom is 0.0951 e. The van der Waals surface area contributed by atoms with E-state index in [1.807, 2.05) is 6.26 Å². The van der Waals surface area contributed by atoms with Gasteiger partial charge < -0.3 is 9.47 Å². The molecule has 1 saturated carbocycles. The van der Waals surface area contributed by atoms with Crippen LogP contribution in [0.15, 0.2) is 11.8 Å². The van der Waals surface area contributed by atoms with E-state index in [4.69, 9.17) is 9.47 Å². The molecule has 0 bridgehead atoms. The molecule has 1 aliphatic heterocycles. The van der Waals surface area contributed by atoms with Crippen LogP contribution in [0, 0.1) is 5.41 Å². The van der Waals surface area contributed by atoms with E-state index in [9.17, 15) is 0 Å². The number of hydrogen-bond donors (Lipinski definition) is 0. The molecule has 1 aliphatic carbocycles. The Morgan fingerprint density at radius 1 is 1.31 bits per heavy atom. The van der Waals surface area contributed by atoms with Crippen molar-refractivity contribution in [2.45, 2.75) is 51.9 Å². The van der Waals surface area contributed by atoms with E-state index in [0.717, 1.165) is 26.2 Å². The van der Waals surface area contributed by atoms with Gasteiger partial charge in [0.05, 0.1) is 19.5 Å². The van der Waals surface area contributed by atoms with Gasteiger partial charge in [-0.05, 0) is 50.5 Å². The summed E-state index contributed by atoms with van der Waals surface area (Å²) in [7, 11) is 0. The van der Waals surface area contributed by atoms with Gasteiger partial charge in [-0.2, -0.15) is 0 Å². The lowest BCUT2D eigenvalue weighted by Crippen LogP contribution is -2.35. The van der Waals surface area contributed by atoms with Gasteiger partial charge in [-0.25, -0.2) is 0 Å². The first-order chi connectivity index (χ1) is 7.85. The van der Waals surface area contributed by atoms with E-state index in [1.165, 1.54) is 44.1 Å². The van der Waals surface area contributed by atoms with Crippen LogP contribution in [0.3, 0.4) is 0 Å². The van der Waals surface area contributed by atoms with Crippen molar-refractivity contribution in [3.05, 3.63) is 11.8 Å². The Balaban J connectivity index is 1.79. The second-order valence-electron chi connectivity index (χ2n) is 5.30. The van der Waals surface area contributed by atoms with Crippen molar-refractivity contribution in [3.8, 4) is 0 Å². The number of hydrogen-bond acceptors (Lipinski definition) is 2. The van der Waals surface area contributed by atoms with Crippen LogP contribution >= 0.6 is 0 Å². The van der Waals surface area contributed by atoms with Gasteiger partial charge in [0, 0.05) is 12.0 Å². The van der Waals surface area contributed by atoms with E-state index in [0.29, 0.717) is 0 Å². The maximum atomic E-state index is 5.81. The van der Waals surface area contributed by atoms with Crippen LogP contribution in [-0.2, 0) is 9.47 Å². The summed E-state index contributed by atoms with van der Waals surface area (Å²) in [6.07, 6.45) is 10.8. The fraction of sp³-hybridized carbons (Fsp3) is 0.857. The molecule has 0 spiro atoms. The summed E-state index contributed by atoms with van der Waals surface area (Å²) in [6.45, 7) is 4.91. The molecule has 0 aromatic carbocycles. The number of rotatable bonds is 4. The van der Waals surface area contributed by atoms with Crippen molar-refractivity contribution in [2.75, 3.05) is 19.8 Å². The second kappa shape index (κ2) is 5.72. The SMILES string of the molecule is CCC1(COC=C2CCCC2)CCCOC1. The topological polar surface area (TPSA) is 18.5 Å². The van der Waals surface area contributed by atoms with Crippen molar-refractivity contribution in [1.82, 2.24) is 0 Å². The minimum atomic E-state index is 0.286. The van der Waals surface area contributed by atoms with Crippen LogP contribution in [0.2, 0.25) is 0 Å². The first-order valence-corrected chi connectivity index (χ1v) is 6.72. The summed E-state index contributed by atoms with van der Waals surface area (Å²) < 4.78 is 11.4. The average Bonchev–Trinajstić information content (AvgIpc) is 2.83. The van der Waals surface area contributed by atoms with E-state index >= 15 is 0 Å². The highest BCUT2D eigenvalue weighted by atomic mass is 16.5. The summed E-state index contributed by atoms with van der Waals surface area (Å²) >= 11 is 0. The lowest BCUT2D eigenvalue weighted by molar-refractivity contribution is -0.0436. The van der Waals surface area contributed by atoms with Crippen molar-refractivity contribution < 1.29 is 9.47 Å². The molecule has 16 heavy (non-hydrogen) atoms. The largest absolute Gasteiger partial charge is 0.501 e. The Hall–Kier alpha value is -0.500. The molecule has 1 atom stereocenters. The fourth-order valence-electron chi connectivity index (χ4n) is 2.69. The van der Waals surface area contributed by atoms with E-state index in [-0.39, 0.29) is 5.41 Å². The highest BCUT2D eigenvalue weighted by Crippen LogP contribution is 2.33. The van der Waals surface area contributed by atoms with Gasteiger partial charge in [0.2, 0.25) is 0 Å². The van der Waals surface area contributed by atoms with Crippen LogP contribution in [0.1, 0.15) is 51.9 Å². The lowest BCUT2D eigenvalue weighted by atomic mass is 9.81. The fourth-order valence-corrected chi connectivity index (χ4v) is 2.69. The summed E-state index contributed by atoms with van der Waals surface area (Å²) in [6, 6.07) is 0. The molecule has 0 aromatic heterocycles. The zero-order valence-corrected chi connectivity index (χ0v) is 10.5. The van der Waals surface area contributed by atoms with Crippen LogP contribution in [0.5, 0.6) is 0 Å². The Morgan fingerprint density at radius 3 is 2.75 bits per heavy atom. The predicted molar refractivity (Wildman–Crippen MR) is 65.3 cm³/mol. The molecule has 2 rings (SSSR count). The van der Waals surface area contributed by atoms with Crippen LogP contribution in [-0.4, -0.2) is 19.8 Å². The first kappa shape index (κ1) is 12.0. The molecule has 2 nitrogen and oxygen atoms in total. The molecule has 92 valence electrons. The summed E-state index contributed by atoms with van der Waals surface area (Å²) in [5.74, 6) is 0. The highest BCUT2D eigenvalue weighted by molar-refractivity contribution is 5.02. The smallest absolute Gasteiger partial charge is 0.0951 e. The van der Waals surface area contributed by atoms with E-state index in [1.54, 1.807) is 0 Å². The van der Waals surface area contributed by atoms with Crippen LogP contribution in [0.25, 0.3) is 0 Å². The number of allylic oxidation sites excluding steroid dienone is 1. The normalized spacial score (nSPS) is 30.4. The second-order valence-corrected chi connectivity index (χ2v) is 5.30. The van der Waals surface area contributed by atoms with Crippen molar-refractivity contribution in [1.29, 1.82) is 0 Å². The van der Waals surface area contributed by atoms with Crippen molar-refractivity contribution in [3.63, 3.8) is 0 Å². The quantitative estimate of drug-likeness (QED) is 0.678. The third kappa shape index (κ3) is 3.00. The first-order valence-electron chi connectivity index (χ1n) is 6.72. The molecule has 1 saturated heterocycles. The third-order valence-corrected chi connectivity index (χ3v) is 4.04. The van der Waals surface area contributed by atoms with Gasteiger partial charge in [0.1, 0.15) is 0 Å². The predicted octanol–water partition coefficient (Wildman–Crippen LogP) is 3.67. The van der Waals surface area contributed by atoms with Crippen LogP contribution in [0.4, 0.5) is 0 Å². The minimum Gasteiger partial charge on any atom is -0.501 e. The standard InChI is InChI=1S/C14H24O2/c1-2-14(8-5-9-15-11-14)12-16-10-13-6-3-4-7-13/h10H,2-9,11-12H2,1H3. The van der Waals surface area contributed by atoms with Crippen molar-refractivity contribution in [2.24, 2.45) is 5.41 Å². The molecular weight excluding hydrogens is 200 g/mol. The highest BCUT2D eigenvalue weighted by Gasteiger charge is 2.31. The molecule has 1 unspecified atom stereocenters. The van der Waals surface area contributed by atoms with Gasteiger partial charge in [-0.15, -0.1) is 0 Å². The molecule has 2 aliphatic rings. The molecule has 0 amide bonds. The zero-order valence-electron chi connectivity index (χ0n) is 10.5. The molecular formula is C14H24O2. The number of ether oxygens (including phenoxy) is 2. The van der Waals surface area contributed by atoms with Gasteiger partial charge in [-0.1, -0.05) is 6.92 Å². The monoisotopic (exact) mass is 224 g/mol. The molecule has 0 aromatic rings. The Kier molecular flexibility index (Phi) is 4.28. The molecule has 0 radical (unpaired) electrons. The van der Waals surface area contributed by atoms with Gasteiger partial charge in [-0.3, -0.25) is 0 Å². The maximum absolute atomic E-state index is 5.81. The van der Waals surface area contributed by atoms with Crippen molar-refractivity contribution >= 4 is 0 Å². The summed E-state index contributed by atoms with van der Waals surface area (Å²) in [5.41, 5.74) is 1.79. The zero-order chi connectivity index (χ0) is 11.3. The van der Waals surface area contributed by atoms with Crippen LogP contribution < -0.4 is 0 Å². The Morgan fingerprint density at radius 2 is 2.12 bits per heavy atom.